The second kappa shape index (κ2) is 8.68. The van der Waals surface area contributed by atoms with E-state index in [0.717, 1.165) is 43.2 Å². The average molecular weight is 371 g/mol. The van der Waals surface area contributed by atoms with Gasteiger partial charge in [0.1, 0.15) is 5.82 Å². The highest BCUT2D eigenvalue weighted by molar-refractivity contribution is 5.58. The summed E-state index contributed by atoms with van der Waals surface area (Å²) < 4.78 is 5.38. The fraction of sp³-hybridized carbons (Fsp3) is 0.421. The molecule has 0 saturated carbocycles. The van der Waals surface area contributed by atoms with Gasteiger partial charge in [0.2, 0.25) is 0 Å². The van der Waals surface area contributed by atoms with Crippen molar-refractivity contribution in [1.82, 2.24) is 9.88 Å². The number of likely N-dealkylation sites (N-methyl/N-ethyl adjacent to an activating group) is 1. The van der Waals surface area contributed by atoms with Crippen LogP contribution in [0.1, 0.15) is 12.5 Å². The minimum Gasteiger partial charge on any atom is -0.487 e. The predicted octanol–water partition coefficient (Wildman–Crippen LogP) is 2.75. The first-order chi connectivity index (χ1) is 13.1. The first-order valence-electron chi connectivity index (χ1n) is 9.10. The van der Waals surface area contributed by atoms with Crippen molar-refractivity contribution < 1.29 is 9.66 Å². The third-order valence-electron chi connectivity index (χ3n) is 4.59. The lowest BCUT2D eigenvalue weighted by atomic mass is 10.2. The van der Waals surface area contributed by atoms with E-state index >= 15 is 0 Å². The van der Waals surface area contributed by atoms with Gasteiger partial charge in [-0.15, -0.1) is 0 Å². The summed E-state index contributed by atoms with van der Waals surface area (Å²) in [6.07, 6.45) is 1.87. The van der Waals surface area contributed by atoms with E-state index in [2.05, 4.69) is 33.2 Å². The lowest BCUT2D eigenvalue weighted by Gasteiger charge is -2.33. The smallest absolute Gasteiger partial charge is 0.311 e. The summed E-state index contributed by atoms with van der Waals surface area (Å²) >= 11 is 0. The normalized spacial score (nSPS) is 14.8. The van der Waals surface area contributed by atoms with E-state index in [4.69, 9.17) is 4.74 Å². The molecule has 0 amide bonds. The van der Waals surface area contributed by atoms with Crippen LogP contribution in [0.4, 0.5) is 17.2 Å². The summed E-state index contributed by atoms with van der Waals surface area (Å²) in [6.45, 7) is 6.84. The Kier molecular flexibility index (Phi) is 6.08. The number of piperazine rings is 1. The van der Waals surface area contributed by atoms with Gasteiger partial charge in [-0.1, -0.05) is 6.07 Å². The molecule has 0 bridgehead atoms. The van der Waals surface area contributed by atoms with Crippen molar-refractivity contribution in [3.05, 3.63) is 52.2 Å². The monoisotopic (exact) mass is 371 g/mol. The molecule has 1 aromatic heterocycles. The highest BCUT2D eigenvalue weighted by atomic mass is 16.6. The minimum absolute atomic E-state index is 0.0272. The first kappa shape index (κ1) is 18.9. The quantitative estimate of drug-likeness (QED) is 0.592. The summed E-state index contributed by atoms with van der Waals surface area (Å²) in [7, 11) is 2.13. The summed E-state index contributed by atoms with van der Waals surface area (Å²) in [5.74, 6) is 1.27. The van der Waals surface area contributed by atoms with Crippen LogP contribution in [-0.4, -0.2) is 54.6 Å². The van der Waals surface area contributed by atoms with E-state index in [1.165, 1.54) is 6.07 Å². The number of rotatable bonds is 7. The molecular formula is C19H25N5O3. The van der Waals surface area contributed by atoms with Crippen LogP contribution in [0.3, 0.4) is 0 Å². The fourth-order valence-electron chi connectivity index (χ4n) is 2.99. The molecule has 1 aliphatic heterocycles. The first-order valence-corrected chi connectivity index (χ1v) is 9.10. The molecule has 0 aliphatic carbocycles. The largest absolute Gasteiger partial charge is 0.487 e. The molecule has 8 heteroatoms. The number of hydrogen-bond donors (Lipinski definition) is 1. The maximum absolute atomic E-state index is 11.1. The van der Waals surface area contributed by atoms with Gasteiger partial charge in [0.15, 0.2) is 5.75 Å². The second-order valence-corrected chi connectivity index (χ2v) is 6.54. The molecule has 1 N–H and O–H groups in total. The Morgan fingerprint density at radius 1 is 1.22 bits per heavy atom. The molecule has 0 unspecified atom stereocenters. The number of aromatic nitrogens is 1. The van der Waals surface area contributed by atoms with Gasteiger partial charge in [-0.25, -0.2) is 4.98 Å². The summed E-state index contributed by atoms with van der Waals surface area (Å²) in [5.41, 5.74) is 1.79. The van der Waals surface area contributed by atoms with Gasteiger partial charge in [0.05, 0.1) is 11.5 Å². The Bertz CT molecular complexity index is 773. The summed E-state index contributed by atoms with van der Waals surface area (Å²) in [5, 5.41) is 14.3. The highest BCUT2D eigenvalue weighted by Crippen LogP contribution is 2.30. The third kappa shape index (κ3) is 4.85. The van der Waals surface area contributed by atoms with E-state index in [1.54, 1.807) is 19.1 Å². The number of ether oxygens (including phenoxy) is 1. The van der Waals surface area contributed by atoms with E-state index in [1.807, 2.05) is 12.3 Å². The molecule has 27 heavy (non-hydrogen) atoms. The molecule has 1 fully saturated rings. The predicted molar refractivity (Wildman–Crippen MR) is 106 cm³/mol. The second-order valence-electron chi connectivity index (χ2n) is 6.54. The van der Waals surface area contributed by atoms with Crippen LogP contribution in [0.5, 0.6) is 5.75 Å². The van der Waals surface area contributed by atoms with Crippen molar-refractivity contribution in [3.8, 4) is 5.75 Å². The van der Waals surface area contributed by atoms with E-state index in [9.17, 15) is 10.1 Å². The lowest BCUT2D eigenvalue weighted by molar-refractivity contribution is -0.385. The lowest BCUT2D eigenvalue weighted by Crippen LogP contribution is -2.44. The molecule has 1 saturated heterocycles. The van der Waals surface area contributed by atoms with E-state index < -0.39 is 4.92 Å². The number of nitrogens with zero attached hydrogens (tertiary/aromatic N) is 4. The molecule has 144 valence electrons. The zero-order chi connectivity index (χ0) is 19.2. The standard InChI is InChI=1S/C19H25N5O3/c1-3-27-18-12-16(5-6-17(18)24(25)26)20-13-15-4-7-19(21-14-15)23-10-8-22(2)9-11-23/h4-7,12,14,20H,3,8-11,13H2,1-2H3. The highest BCUT2D eigenvalue weighted by Gasteiger charge is 2.16. The number of nitro groups is 1. The van der Waals surface area contributed by atoms with Crippen molar-refractivity contribution in [3.63, 3.8) is 0 Å². The Morgan fingerprint density at radius 2 is 2.00 bits per heavy atom. The van der Waals surface area contributed by atoms with Crippen molar-refractivity contribution in [2.45, 2.75) is 13.5 Å². The van der Waals surface area contributed by atoms with E-state index in [-0.39, 0.29) is 11.4 Å². The van der Waals surface area contributed by atoms with Crippen molar-refractivity contribution in [2.75, 3.05) is 50.1 Å². The Hall–Kier alpha value is -2.87. The van der Waals surface area contributed by atoms with Crippen LogP contribution in [0, 0.1) is 10.1 Å². The van der Waals surface area contributed by atoms with Crippen LogP contribution in [0.25, 0.3) is 0 Å². The molecule has 2 heterocycles. The number of nitrogens with one attached hydrogen (secondary N) is 1. The van der Waals surface area contributed by atoms with Gasteiger partial charge < -0.3 is 19.9 Å². The van der Waals surface area contributed by atoms with Crippen LogP contribution in [0.2, 0.25) is 0 Å². The van der Waals surface area contributed by atoms with Crippen LogP contribution < -0.4 is 15.0 Å². The van der Waals surface area contributed by atoms with Gasteiger partial charge in [-0.05, 0) is 31.7 Å². The zero-order valence-electron chi connectivity index (χ0n) is 15.7. The summed E-state index contributed by atoms with van der Waals surface area (Å²) in [4.78, 5) is 19.8. The van der Waals surface area contributed by atoms with Gasteiger partial charge in [0, 0.05) is 56.7 Å². The van der Waals surface area contributed by atoms with E-state index in [0.29, 0.717) is 13.2 Å². The minimum atomic E-state index is -0.435. The maximum Gasteiger partial charge on any atom is 0.311 e. The number of hydrogen-bond acceptors (Lipinski definition) is 7. The molecule has 1 aliphatic rings. The average Bonchev–Trinajstić information content (AvgIpc) is 2.68. The number of benzene rings is 1. The van der Waals surface area contributed by atoms with Gasteiger partial charge in [0.25, 0.3) is 0 Å². The molecule has 0 spiro atoms. The third-order valence-corrected chi connectivity index (χ3v) is 4.59. The fourth-order valence-corrected chi connectivity index (χ4v) is 2.99. The maximum atomic E-state index is 11.1. The SMILES string of the molecule is CCOc1cc(NCc2ccc(N3CCN(C)CC3)nc2)ccc1[N+](=O)[O-]. The topological polar surface area (TPSA) is 83.8 Å². The van der Waals surface area contributed by atoms with Crippen LogP contribution >= 0.6 is 0 Å². The molecule has 3 rings (SSSR count). The van der Waals surface area contributed by atoms with Crippen LogP contribution in [-0.2, 0) is 6.54 Å². The zero-order valence-corrected chi connectivity index (χ0v) is 15.7. The Labute approximate surface area is 158 Å². The Balaban J connectivity index is 1.61. The molecule has 2 aromatic rings. The molecule has 0 radical (unpaired) electrons. The van der Waals surface area contributed by atoms with Crippen molar-refractivity contribution in [2.24, 2.45) is 0 Å². The number of anilines is 2. The molecule has 0 atom stereocenters. The molecular weight excluding hydrogens is 346 g/mol. The van der Waals surface area contributed by atoms with Gasteiger partial charge >= 0.3 is 5.69 Å². The van der Waals surface area contributed by atoms with Crippen molar-refractivity contribution in [1.29, 1.82) is 0 Å². The van der Waals surface area contributed by atoms with Gasteiger partial charge in [-0.2, -0.15) is 0 Å². The van der Waals surface area contributed by atoms with Crippen molar-refractivity contribution >= 4 is 17.2 Å². The molecule has 1 aromatic carbocycles. The number of nitro benzene ring substituents is 1. The Morgan fingerprint density at radius 3 is 2.63 bits per heavy atom. The number of pyridine rings is 1. The summed E-state index contributed by atoms with van der Waals surface area (Å²) in [6, 6.07) is 8.91. The van der Waals surface area contributed by atoms with Gasteiger partial charge in [-0.3, -0.25) is 10.1 Å². The van der Waals surface area contributed by atoms with Crippen LogP contribution in [0.15, 0.2) is 36.5 Å². The molecule has 8 nitrogen and oxygen atoms in total.